The van der Waals surface area contributed by atoms with E-state index in [1.807, 2.05) is 43.3 Å². The van der Waals surface area contributed by atoms with E-state index in [1.165, 1.54) is 6.07 Å². The molecule has 3 aromatic rings. The van der Waals surface area contributed by atoms with Crippen LogP contribution in [0, 0.1) is 19.8 Å². The number of nitrogens with one attached hydrogen (secondary N) is 3. The second kappa shape index (κ2) is 9.64. The average molecular weight is 433 g/mol. The van der Waals surface area contributed by atoms with Crippen molar-refractivity contribution in [1.82, 2.24) is 20.3 Å². The molecular formula is C24H28N6O2. The summed E-state index contributed by atoms with van der Waals surface area (Å²) in [5, 5.41) is 5.86. The first-order valence-corrected chi connectivity index (χ1v) is 10.9. The van der Waals surface area contributed by atoms with Gasteiger partial charge in [0.05, 0.1) is 0 Å². The molecule has 0 aliphatic carbocycles. The molecule has 166 valence electrons. The molecule has 8 nitrogen and oxygen atoms in total. The van der Waals surface area contributed by atoms with Crippen molar-refractivity contribution in [1.29, 1.82) is 0 Å². The molecular weight excluding hydrogens is 404 g/mol. The van der Waals surface area contributed by atoms with Crippen LogP contribution in [0.15, 0.2) is 53.5 Å². The van der Waals surface area contributed by atoms with Crippen molar-refractivity contribution < 1.29 is 4.79 Å². The standard InChI is InChI=1S/C24H28N6O2/c1-16-5-8-20(9-6-16)28-24(32)26-13-18-4-3-11-30(15-18)21-10-7-19(14-25-21)23-27-17(2)12-22(31)29-23/h5-10,12,14,18H,3-4,11,13,15H2,1-2H3,(H2,26,28,32)(H,27,29,31). The van der Waals surface area contributed by atoms with Crippen molar-refractivity contribution in [3.8, 4) is 11.4 Å². The van der Waals surface area contributed by atoms with Gasteiger partial charge in [-0.05, 0) is 56.9 Å². The fraction of sp³-hybridized carbons (Fsp3) is 0.333. The van der Waals surface area contributed by atoms with Crippen LogP contribution in [0.25, 0.3) is 11.4 Å². The monoisotopic (exact) mass is 432 g/mol. The Balaban J connectivity index is 1.32. The van der Waals surface area contributed by atoms with Crippen LogP contribution in [-0.4, -0.2) is 40.6 Å². The molecule has 3 heterocycles. The minimum Gasteiger partial charge on any atom is -0.356 e. The number of carbonyl (C=O) groups is 1. The van der Waals surface area contributed by atoms with Gasteiger partial charge in [-0.25, -0.2) is 14.8 Å². The first kappa shape index (κ1) is 21.5. The lowest BCUT2D eigenvalue weighted by Gasteiger charge is -2.33. The smallest absolute Gasteiger partial charge is 0.319 e. The Kier molecular flexibility index (Phi) is 6.49. The Bertz CT molecular complexity index is 1120. The third kappa shape index (κ3) is 5.51. The van der Waals surface area contributed by atoms with Crippen molar-refractivity contribution in [3.63, 3.8) is 0 Å². The molecule has 2 amide bonds. The number of nitrogens with zero attached hydrogens (tertiary/aromatic N) is 3. The maximum absolute atomic E-state index is 12.2. The van der Waals surface area contributed by atoms with E-state index in [-0.39, 0.29) is 11.6 Å². The molecule has 2 aromatic heterocycles. The SMILES string of the molecule is Cc1ccc(NC(=O)NCC2CCCN(c3ccc(-c4nc(C)cc(=O)[nH]4)cn3)C2)cc1. The van der Waals surface area contributed by atoms with Gasteiger partial charge in [0, 0.05) is 48.8 Å². The Morgan fingerprint density at radius 1 is 1.19 bits per heavy atom. The second-order valence-corrected chi connectivity index (χ2v) is 8.30. The molecule has 0 spiro atoms. The molecule has 3 N–H and O–H groups in total. The highest BCUT2D eigenvalue weighted by atomic mass is 16.2. The minimum atomic E-state index is -0.187. The average Bonchev–Trinajstić information content (AvgIpc) is 2.79. The molecule has 8 heteroatoms. The van der Waals surface area contributed by atoms with E-state index >= 15 is 0 Å². The van der Waals surface area contributed by atoms with Crippen LogP contribution in [-0.2, 0) is 0 Å². The number of hydrogen-bond donors (Lipinski definition) is 3. The van der Waals surface area contributed by atoms with Gasteiger partial charge in [-0.1, -0.05) is 17.7 Å². The van der Waals surface area contributed by atoms with Gasteiger partial charge in [0.15, 0.2) is 0 Å². The van der Waals surface area contributed by atoms with Crippen molar-refractivity contribution in [2.75, 3.05) is 29.9 Å². The van der Waals surface area contributed by atoms with E-state index in [2.05, 4.69) is 30.5 Å². The Morgan fingerprint density at radius 3 is 2.72 bits per heavy atom. The van der Waals surface area contributed by atoms with E-state index in [1.54, 1.807) is 13.1 Å². The summed E-state index contributed by atoms with van der Waals surface area (Å²) in [4.78, 5) is 37.9. The molecule has 32 heavy (non-hydrogen) atoms. The molecule has 1 fully saturated rings. The molecule has 1 aliphatic heterocycles. The highest BCUT2D eigenvalue weighted by Gasteiger charge is 2.21. The van der Waals surface area contributed by atoms with Gasteiger partial charge in [-0.15, -0.1) is 0 Å². The number of piperidine rings is 1. The molecule has 0 saturated carbocycles. The van der Waals surface area contributed by atoms with Gasteiger partial charge in [-0.2, -0.15) is 0 Å². The minimum absolute atomic E-state index is 0.172. The zero-order chi connectivity index (χ0) is 22.5. The molecule has 0 bridgehead atoms. The number of benzene rings is 1. The number of aromatic amines is 1. The van der Waals surface area contributed by atoms with Gasteiger partial charge < -0.3 is 20.5 Å². The Labute approximate surface area is 187 Å². The number of H-pyrrole nitrogens is 1. The van der Waals surface area contributed by atoms with Crippen molar-refractivity contribution in [2.45, 2.75) is 26.7 Å². The predicted molar refractivity (Wildman–Crippen MR) is 126 cm³/mol. The number of pyridine rings is 1. The summed E-state index contributed by atoms with van der Waals surface area (Å²) in [5.74, 6) is 1.76. The number of aryl methyl sites for hydroxylation is 2. The molecule has 1 atom stereocenters. The van der Waals surface area contributed by atoms with Gasteiger partial charge in [0.2, 0.25) is 0 Å². The van der Waals surface area contributed by atoms with E-state index in [4.69, 9.17) is 0 Å². The van der Waals surface area contributed by atoms with E-state index in [0.29, 0.717) is 24.0 Å². The number of urea groups is 1. The largest absolute Gasteiger partial charge is 0.356 e. The van der Waals surface area contributed by atoms with Crippen LogP contribution < -0.4 is 21.1 Å². The Morgan fingerprint density at radius 2 is 2.00 bits per heavy atom. The summed E-state index contributed by atoms with van der Waals surface area (Å²) in [6, 6.07) is 12.9. The fourth-order valence-corrected chi connectivity index (χ4v) is 3.92. The van der Waals surface area contributed by atoms with Crippen LogP contribution >= 0.6 is 0 Å². The summed E-state index contributed by atoms with van der Waals surface area (Å²) in [6.45, 7) is 6.18. The maximum Gasteiger partial charge on any atom is 0.319 e. The lowest BCUT2D eigenvalue weighted by atomic mass is 9.98. The fourth-order valence-electron chi connectivity index (χ4n) is 3.92. The van der Waals surface area contributed by atoms with E-state index < -0.39 is 0 Å². The molecule has 1 saturated heterocycles. The number of carbonyl (C=O) groups excluding carboxylic acids is 1. The van der Waals surface area contributed by atoms with Gasteiger partial charge in [0.1, 0.15) is 11.6 Å². The summed E-state index contributed by atoms with van der Waals surface area (Å²) in [5.41, 5.74) is 3.22. The lowest BCUT2D eigenvalue weighted by molar-refractivity contribution is 0.249. The number of hydrogen-bond acceptors (Lipinski definition) is 5. The summed E-state index contributed by atoms with van der Waals surface area (Å²) in [6.07, 6.45) is 3.85. The van der Waals surface area contributed by atoms with E-state index in [9.17, 15) is 9.59 Å². The third-order valence-corrected chi connectivity index (χ3v) is 5.59. The first-order valence-electron chi connectivity index (χ1n) is 10.9. The first-order chi connectivity index (χ1) is 15.5. The van der Waals surface area contributed by atoms with Crippen LogP contribution in [0.2, 0.25) is 0 Å². The van der Waals surface area contributed by atoms with Gasteiger partial charge in [0.25, 0.3) is 5.56 Å². The van der Waals surface area contributed by atoms with Crippen molar-refractivity contribution in [3.05, 3.63) is 70.3 Å². The Hall–Kier alpha value is -3.68. The highest BCUT2D eigenvalue weighted by molar-refractivity contribution is 5.89. The number of rotatable bonds is 5. The van der Waals surface area contributed by atoms with Crippen molar-refractivity contribution >= 4 is 17.5 Å². The highest BCUT2D eigenvalue weighted by Crippen LogP contribution is 2.23. The van der Waals surface area contributed by atoms with Crippen LogP contribution in [0.4, 0.5) is 16.3 Å². The summed E-state index contributed by atoms with van der Waals surface area (Å²) < 4.78 is 0. The molecule has 1 unspecified atom stereocenters. The van der Waals surface area contributed by atoms with Gasteiger partial charge in [-0.3, -0.25) is 4.79 Å². The summed E-state index contributed by atoms with van der Waals surface area (Å²) in [7, 11) is 0. The number of anilines is 2. The topological polar surface area (TPSA) is 103 Å². The zero-order valence-corrected chi connectivity index (χ0v) is 18.4. The van der Waals surface area contributed by atoms with Crippen LogP contribution in [0.5, 0.6) is 0 Å². The third-order valence-electron chi connectivity index (χ3n) is 5.59. The predicted octanol–water partition coefficient (Wildman–Crippen LogP) is 3.49. The quantitative estimate of drug-likeness (QED) is 0.573. The van der Waals surface area contributed by atoms with Crippen LogP contribution in [0.1, 0.15) is 24.1 Å². The van der Waals surface area contributed by atoms with Crippen molar-refractivity contribution in [2.24, 2.45) is 5.92 Å². The van der Waals surface area contributed by atoms with E-state index in [0.717, 1.165) is 48.6 Å². The number of aromatic nitrogens is 3. The summed E-state index contributed by atoms with van der Waals surface area (Å²) >= 11 is 0. The maximum atomic E-state index is 12.2. The molecule has 4 rings (SSSR count). The molecule has 1 aromatic carbocycles. The lowest BCUT2D eigenvalue weighted by Crippen LogP contribution is -2.42. The van der Waals surface area contributed by atoms with Crippen LogP contribution in [0.3, 0.4) is 0 Å². The molecule has 0 radical (unpaired) electrons. The van der Waals surface area contributed by atoms with Gasteiger partial charge >= 0.3 is 6.03 Å². The number of amides is 2. The molecule has 1 aliphatic rings. The normalized spacial score (nSPS) is 15.9. The second-order valence-electron chi connectivity index (χ2n) is 8.30. The zero-order valence-electron chi connectivity index (χ0n) is 18.4.